The van der Waals surface area contributed by atoms with Crippen LogP contribution >= 0.6 is 11.3 Å². The zero-order valence-electron chi connectivity index (χ0n) is 15.3. The van der Waals surface area contributed by atoms with Gasteiger partial charge in [0.2, 0.25) is 0 Å². The fourth-order valence-electron chi connectivity index (χ4n) is 3.22. The smallest absolute Gasteiger partial charge is 0.259 e. The Labute approximate surface area is 161 Å². The van der Waals surface area contributed by atoms with E-state index in [2.05, 4.69) is 10.6 Å². The van der Waals surface area contributed by atoms with E-state index in [0.717, 1.165) is 36.1 Å². The second kappa shape index (κ2) is 9.10. The van der Waals surface area contributed by atoms with E-state index >= 15 is 0 Å². The minimum atomic E-state index is -0.582. The molecule has 2 amide bonds. The summed E-state index contributed by atoms with van der Waals surface area (Å²) >= 11 is 1.42. The van der Waals surface area contributed by atoms with Gasteiger partial charge in [-0.05, 0) is 49.8 Å². The molecule has 0 radical (unpaired) electrons. The third-order valence-corrected chi connectivity index (χ3v) is 5.76. The number of thiophene rings is 1. The molecule has 0 spiro atoms. The van der Waals surface area contributed by atoms with Gasteiger partial charge in [0, 0.05) is 25.1 Å². The maximum Gasteiger partial charge on any atom is 0.259 e. The number of amides is 2. The summed E-state index contributed by atoms with van der Waals surface area (Å²) in [6.07, 6.45) is 4.53. The van der Waals surface area contributed by atoms with Crippen LogP contribution in [0.3, 0.4) is 0 Å². The van der Waals surface area contributed by atoms with Gasteiger partial charge in [-0.2, -0.15) is 0 Å². The molecule has 144 valence electrons. The van der Waals surface area contributed by atoms with Gasteiger partial charge in [0.15, 0.2) is 0 Å². The highest BCUT2D eigenvalue weighted by Gasteiger charge is 2.26. The molecule has 1 aliphatic carbocycles. The summed E-state index contributed by atoms with van der Waals surface area (Å²) in [7, 11) is 1.62. The van der Waals surface area contributed by atoms with E-state index in [1.807, 2.05) is 0 Å². The SMILES string of the molecule is COCCCNC(=O)c1c(NC(=O)c2ccccc2F)sc2c1CCCC2. The van der Waals surface area contributed by atoms with Gasteiger partial charge in [0.05, 0.1) is 11.1 Å². The number of ether oxygens (including phenoxy) is 1. The van der Waals surface area contributed by atoms with Crippen LogP contribution in [0.25, 0.3) is 0 Å². The average Bonchev–Trinajstić information content (AvgIpc) is 3.03. The van der Waals surface area contributed by atoms with Gasteiger partial charge < -0.3 is 15.4 Å². The second-order valence-corrected chi connectivity index (χ2v) is 7.56. The summed E-state index contributed by atoms with van der Waals surface area (Å²) in [5.41, 5.74) is 1.51. The number of methoxy groups -OCH3 is 1. The van der Waals surface area contributed by atoms with E-state index in [-0.39, 0.29) is 11.5 Å². The predicted molar refractivity (Wildman–Crippen MR) is 104 cm³/mol. The largest absolute Gasteiger partial charge is 0.385 e. The Morgan fingerprint density at radius 2 is 1.96 bits per heavy atom. The molecule has 0 aliphatic heterocycles. The Kier molecular flexibility index (Phi) is 6.58. The van der Waals surface area contributed by atoms with Crippen LogP contribution in [0.1, 0.15) is 50.4 Å². The van der Waals surface area contributed by atoms with Crippen LogP contribution in [0.4, 0.5) is 9.39 Å². The normalized spacial score (nSPS) is 13.1. The predicted octanol–water partition coefficient (Wildman–Crippen LogP) is 3.78. The number of hydrogen-bond donors (Lipinski definition) is 2. The maximum absolute atomic E-state index is 13.9. The Bertz CT molecular complexity index is 835. The molecule has 0 atom stereocenters. The molecule has 0 saturated heterocycles. The van der Waals surface area contributed by atoms with Crippen LogP contribution in [0.15, 0.2) is 24.3 Å². The van der Waals surface area contributed by atoms with E-state index in [9.17, 15) is 14.0 Å². The van der Waals surface area contributed by atoms with Crippen molar-refractivity contribution in [1.82, 2.24) is 5.32 Å². The first-order valence-electron chi connectivity index (χ1n) is 9.09. The number of rotatable bonds is 7. The molecule has 2 aromatic rings. The third-order valence-electron chi connectivity index (χ3n) is 4.55. The van der Waals surface area contributed by atoms with Crippen molar-refractivity contribution in [3.05, 3.63) is 51.7 Å². The van der Waals surface area contributed by atoms with Crippen molar-refractivity contribution in [1.29, 1.82) is 0 Å². The van der Waals surface area contributed by atoms with E-state index < -0.39 is 11.7 Å². The Hall–Kier alpha value is -2.25. The number of anilines is 1. The first-order valence-corrected chi connectivity index (χ1v) is 9.91. The number of halogens is 1. The van der Waals surface area contributed by atoms with Crippen LogP contribution in [-0.2, 0) is 17.6 Å². The van der Waals surface area contributed by atoms with Crippen molar-refractivity contribution in [2.24, 2.45) is 0 Å². The van der Waals surface area contributed by atoms with Crippen LogP contribution in [0.2, 0.25) is 0 Å². The van der Waals surface area contributed by atoms with Gasteiger partial charge in [-0.1, -0.05) is 12.1 Å². The van der Waals surface area contributed by atoms with E-state index in [4.69, 9.17) is 4.74 Å². The third kappa shape index (κ3) is 4.54. The molecule has 1 aromatic carbocycles. The molecule has 2 N–H and O–H groups in total. The molecule has 1 heterocycles. The number of benzene rings is 1. The molecule has 27 heavy (non-hydrogen) atoms. The summed E-state index contributed by atoms with van der Waals surface area (Å²) in [6, 6.07) is 5.83. The standard InChI is InChI=1S/C20H23FN2O3S/c1-26-12-6-11-22-19(25)17-14-8-3-5-10-16(14)27-20(17)23-18(24)13-7-2-4-9-15(13)21/h2,4,7,9H,3,5-6,8,10-12H2,1H3,(H,22,25)(H,23,24). The van der Waals surface area contributed by atoms with Crippen molar-refractivity contribution >= 4 is 28.2 Å². The van der Waals surface area contributed by atoms with Crippen LogP contribution in [-0.4, -0.2) is 32.1 Å². The van der Waals surface area contributed by atoms with Crippen LogP contribution in [0.5, 0.6) is 0 Å². The van der Waals surface area contributed by atoms with Crippen molar-refractivity contribution < 1.29 is 18.7 Å². The molecule has 0 fully saturated rings. The lowest BCUT2D eigenvalue weighted by atomic mass is 9.95. The summed E-state index contributed by atoms with van der Waals surface area (Å²) in [4.78, 5) is 26.4. The van der Waals surface area contributed by atoms with Gasteiger partial charge in [-0.25, -0.2) is 4.39 Å². The Morgan fingerprint density at radius 3 is 2.74 bits per heavy atom. The highest BCUT2D eigenvalue weighted by atomic mass is 32.1. The lowest BCUT2D eigenvalue weighted by molar-refractivity contribution is 0.0948. The monoisotopic (exact) mass is 390 g/mol. The van der Waals surface area contributed by atoms with E-state index in [0.29, 0.717) is 30.1 Å². The lowest BCUT2D eigenvalue weighted by Crippen LogP contribution is -2.27. The van der Waals surface area contributed by atoms with E-state index in [1.165, 1.54) is 29.5 Å². The minimum Gasteiger partial charge on any atom is -0.385 e. The van der Waals surface area contributed by atoms with Gasteiger partial charge in [0.1, 0.15) is 10.8 Å². The Morgan fingerprint density at radius 1 is 1.19 bits per heavy atom. The average molecular weight is 390 g/mol. The zero-order valence-corrected chi connectivity index (χ0v) is 16.1. The van der Waals surface area contributed by atoms with Crippen LogP contribution < -0.4 is 10.6 Å². The summed E-state index contributed by atoms with van der Waals surface area (Å²) < 4.78 is 18.9. The van der Waals surface area contributed by atoms with Gasteiger partial charge in [-0.15, -0.1) is 11.3 Å². The zero-order chi connectivity index (χ0) is 19.2. The number of aryl methyl sites for hydroxylation is 1. The molecular weight excluding hydrogens is 367 g/mol. The number of carbonyl (C=O) groups excluding carboxylic acids is 2. The number of hydrogen-bond acceptors (Lipinski definition) is 4. The topological polar surface area (TPSA) is 67.4 Å². The first kappa shape index (κ1) is 19.5. The fraction of sp³-hybridized carbons (Fsp3) is 0.400. The lowest BCUT2D eigenvalue weighted by Gasteiger charge is -2.13. The molecule has 5 nitrogen and oxygen atoms in total. The van der Waals surface area contributed by atoms with Gasteiger partial charge in [-0.3, -0.25) is 9.59 Å². The number of carbonyl (C=O) groups is 2. The number of nitrogens with one attached hydrogen (secondary N) is 2. The quantitative estimate of drug-likeness (QED) is 0.707. The Balaban J connectivity index is 1.84. The second-order valence-electron chi connectivity index (χ2n) is 6.45. The molecule has 7 heteroatoms. The fourth-order valence-corrected chi connectivity index (χ4v) is 4.50. The summed E-state index contributed by atoms with van der Waals surface area (Å²) in [6.45, 7) is 1.07. The summed E-state index contributed by atoms with van der Waals surface area (Å²) in [5, 5.41) is 6.16. The van der Waals surface area contributed by atoms with Gasteiger partial charge >= 0.3 is 0 Å². The summed E-state index contributed by atoms with van der Waals surface area (Å²) in [5.74, 6) is -1.32. The molecule has 0 saturated carbocycles. The molecule has 1 aliphatic rings. The highest BCUT2D eigenvalue weighted by molar-refractivity contribution is 7.17. The van der Waals surface area contributed by atoms with Crippen molar-refractivity contribution in [2.45, 2.75) is 32.1 Å². The molecule has 3 rings (SSSR count). The molecule has 1 aromatic heterocycles. The van der Waals surface area contributed by atoms with Crippen LogP contribution in [0, 0.1) is 5.82 Å². The van der Waals surface area contributed by atoms with Crippen molar-refractivity contribution in [3.63, 3.8) is 0 Å². The van der Waals surface area contributed by atoms with E-state index in [1.54, 1.807) is 13.2 Å². The maximum atomic E-state index is 13.9. The molecule has 0 unspecified atom stereocenters. The van der Waals surface area contributed by atoms with Crippen molar-refractivity contribution in [2.75, 3.05) is 25.6 Å². The minimum absolute atomic E-state index is 0.0321. The highest BCUT2D eigenvalue weighted by Crippen LogP contribution is 2.38. The number of fused-ring (bicyclic) bond motifs is 1. The van der Waals surface area contributed by atoms with Gasteiger partial charge in [0.25, 0.3) is 11.8 Å². The van der Waals surface area contributed by atoms with Crippen molar-refractivity contribution in [3.8, 4) is 0 Å². The molecular formula is C20H23FN2O3S. The molecule has 0 bridgehead atoms. The first-order chi connectivity index (χ1) is 13.1.